The molecule has 0 saturated heterocycles. The van der Waals surface area contributed by atoms with Crippen LogP contribution in [-0.4, -0.2) is 20.7 Å². The Morgan fingerprint density at radius 3 is 2.43 bits per heavy atom. The molecule has 10 heteroatoms. The van der Waals surface area contributed by atoms with Crippen molar-refractivity contribution in [2.45, 2.75) is 6.92 Å². The van der Waals surface area contributed by atoms with Crippen molar-refractivity contribution >= 4 is 34.5 Å². The lowest BCUT2D eigenvalue weighted by molar-refractivity contribution is -0.422. The molecule has 0 spiro atoms. The van der Waals surface area contributed by atoms with Crippen LogP contribution in [-0.2, 0) is 0 Å². The van der Waals surface area contributed by atoms with E-state index < -0.39 is 27.0 Å². The Bertz CT molecular complexity index is 671. The van der Waals surface area contributed by atoms with Gasteiger partial charge in [0.1, 0.15) is 5.56 Å². The number of benzene rings is 1. The fourth-order valence-corrected chi connectivity index (χ4v) is 1.68. The van der Waals surface area contributed by atoms with Crippen LogP contribution in [0.25, 0.3) is 0 Å². The van der Waals surface area contributed by atoms with Gasteiger partial charge in [0.15, 0.2) is 10.9 Å². The van der Waals surface area contributed by atoms with Gasteiger partial charge in [-0.3, -0.25) is 25.0 Å². The standard InChI is InChI=1S/C11H10N4O5S/c1-6-2-3-7(14(17)18)10(15(19)20)9(6)8(16)4-5-13-11(12)21/h2-5H,1H3,(H3,12,13,21)/b5-4+. The number of rotatable bonds is 5. The van der Waals surface area contributed by atoms with E-state index in [1.54, 1.807) is 0 Å². The first-order chi connectivity index (χ1) is 9.75. The maximum Gasteiger partial charge on any atom is 0.357 e. The maximum absolute atomic E-state index is 12.0. The van der Waals surface area contributed by atoms with E-state index in [1.165, 1.54) is 13.0 Å². The fourth-order valence-electron chi connectivity index (χ4n) is 1.61. The predicted octanol–water partition coefficient (Wildman–Crippen LogP) is 1.34. The van der Waals surface area contributed by atoms with Crippen LogP contribution in [0.3, 0.4) is 0 Å². The summed E-state index contributed by atoms with van der Waals surface area (Å²) in [5, 5.41) is 24.2. The van der Waals surface area contributed by atoms with Gasteiger partial charge in [-0.1, -0.05) is 6.07 Å². The quantitative estimate of drug-likeness (QED) is 0.273. The number of hydrogen-bond acceptors (Lipinski definition) is 6. The highest BCUT2D eigenvalue weighted by molar-refractivity contribution is 7.80. The molecule has 1 rings (SSSR count). The Morgan fingerprint density at radius 1 is 1.33 bits per heavy atom. The molecule has 1 aromatic rings. The third-order valence-electron chi connectivity index (χ3n) is 2.45. The number of nitrogens with two attached hydrogens (primary N) is 1. The number of hydrogen-bond donors (Lipinski definition) is 2. The van der Waals surface area contributed by atoms with Gasteiger partial charge in [0.2, 0.25) is 0 Å². The molecule has 110 valence electrons. The summed E-state index contributed by atoms with van der Waals surface area (Å²) in [6.45, 7) is 1.44. The van der Waals surface area contributed by atoms with Crippen LogP contribution in [0.2, 0.25) is 0 Å². The lowest BCUT2D eigenvalue weighted by Crippen LogP contribution is -2.24. The second kappa shape index (κ2) is 6.52. The summed E-state index contributed by atoms with van der Waals surface area (Å²) in [5.74, 6) is -0.772. The molecule has 9 nitrogen and oxygen atoms in total. The van der Waals surface area contributed by atoms with Gasteiger partial charge in [-0.05, 0) is 24.7 Å². The SMILES string of the molecule is Cc1ccc([N+](=O)[O-])c([N+](=O)[O-])c1C(=O)/C=C/NC(N)=S. The number of nitrogens with zero attached hydrogens (tertiary/aromatic N) is 2. The van der Waals surface area contributed by atoms with E-state index in [1.807, 2.05) is 0 Å². The number of carbonyl (C=O) groups excluding carboxylic acids is 1. The summed E-state index contributed by atoms with van der Waals surface area (Å²) in [7, 11) is 0. The van der Waals surface area contributed by atoms with E-state index in [2.05, 4.69) is 17.5 Å². The average molecular weight is 310 g/mol. The summed E-state index contributed by atoms with van der Waals surface area (Å²) in [6.07, 6.45) is 2.06. The van der Waals surface area contributed by atoms with Gasteiger partial charge in [-0.25, -0.2) is 0 Å². The van der Waals surface area contributed by atoms with Crippen molar-refractivity contribution in [1.82, 2.24) is 5.32 Å². The van der Waals surface area contributed by atoms with Crippen LogP contribution >= 0.6 is 12.2 Å². The number of aryl methyl sites for hydroxylation is 1. The molecule has 0 atom stereocenters. The van der Waals surface area contributed by atoms with Gasteiger partial charge < -0.3 is 11.1 Å². The molecule has 0 saturated carbocycles. The second-order valence-electron chi connectivity index (χ2n) is 3.85. The van der Waals surface area contributed by atoms with Crippen LogP contribution in [0.1, 0.15) is 15.9 Å². The first kappa shape index (κ1) is 16.2. The van der Waals surface area contributed by atoms with Gasteiger partial charge >= 0.3 is 11.4 Å². The molecular weight excluding hydrogens is 300 g/mol. The Kier molecular flexibility index (Phi) is 5.02. The van der Waals surface area contributed by atoms with Crippen LogP contribution in [0.4, 0.5) is 11.4 Å². The third kappa shape index (κ3) is 3.79. The predicted molar refractivity (Wildman–Crippen MR) is 77.9 cm³/mol. The minimum atomic E-state index is -0.951. The molecule has 0 unspecified atom stereocenters. The highest BCUT2D eigenvalue weighted by Gasteiger charge is 2.32. The zero-order chi connectivity index (χ0) is 16.2. The van der Waals surface area contributed by atoms with Crippen molar-refractivity contribution < 1.29 is 14.6 Å². The van der Waals surface area contributed by atoms with E-state index in [9.17, 15) is 25.0 Å². The topological polar surface area (TPSA) is 141 Å². The number of thiocarbonyl (C=S) groups is 1. The minimum Gasteiger partial charge on any atom is -0.376 e. The number of nitrogens with one attached hydrogen (secondary N) is 1. The molecule has 0 aliphatic heterocycles. The molecule has 0 aliphatic carbocycles. The Labute approximate surface area is 123 Å². The molecule has 21 heavy (non-hydrogen) atoms. The summed E-state index contributed by atoms with van der Waals surface area (Å²) in [6, 6.07) is 2.26. The molecule has 0 aromatic heterocycles. The summed E-state index contributed by atoms with van der Waals surface area (Å²) < 4.78 is 0. The van der Waals surface area contributed by atoms with Crippen LogP contribution in [0, 0.1) is 27.2 Å². The number of allylic oxidation sites excluding steroid dienone is 1. The van der Waals surface area contributed by atoms with E-state index in [-0.39, 0.29) is 16.2 Å². The Morgan fingerprint density at radius 2 is 1.95 bits per heavy atom. The fraction of sp³-hybridized carbons (Fsp3) is 0.0909. The van der Waals surface area contributed by atoms with Crippen molar-refractivity contribution in [3.8, 4) is 0 Å². The van der Waals surface area contributed by atoms with E-state index in [4.69, 9.17) is 5.73 Å². The molecule has 0 amide bonds. The third-order valence-corrected chi connectivity index (χ3v) is 2.57. The second-order valence-corrected chi connectivity index (χ2v) is 4.29. The molecular formula is C11H10N4O5S. The molecule has 0 radical (unpaired) electrons. The molecule has 0 aliphatic rings. The number of carbonyl (C=O) groups is 1. The zero-order valence-corrected chi connectivity index (χ0v) is 11.5. The molecule has 1 aromatic carbocycles. The van der Waals surface area contributed by atoms with Gasteiger partial charge in [-0.15, -0.1) is 0 Å². The highest BCUT2D eigenvalue weighted by Crippen LogP contribution is 2.33. The first-order valence-electron chi connectivity index (χ1n) is 5.45. The molecule has 0 heterocycles. The minimum absolute atomic E-state index is 0.0932. The summed E-state index contributed by atoms with van der Waals surface area (Å²) in [5.41, 5.74) is 3.46. The van der Waals surface area contributed by atoms with Crippen molar-refractivity contribution in [1.29, 1.82) is 0 Å². The largest absolute Gasteiger partial charge is 0.376 e. The van der Waals surface area contributed by atoms with E-state index >= 15 is 0 Å². The molecule has 0 fully saturated rings. The monoisotopic (exact) mass is 310 g/mol. The number of nitro groups is 2. The highest BCUT2D eigenvalue weighted by atomic mass is 32.1. The van der Waals surface area contributed by atoms with Crippen LogP contribution < -0.4 is 11.1 Å². The van der Waals surface area contributed by atoms with E-state index in [0.717, 1.165) is 18.3 Å². The smallest absolute Gasteiger partial charge is 0.357 e. The number of nitro benzene ring substituents is 2. The van der Waals surface area contributed by atoms with Crippen molar-refractivity contribution in [3.63, 3.8) is 0 Å². The lowest BCUT2D eigenvalue weighted by Gasteiger charge is -2.04. The lowest BCUT2D eigenvalue weighted by atomic mass is 10.0. The normalized spacial score (nSPS) is 10.3. The van der Waals surface area contributed by atoms with E-state index in [0.29, 0.717) is 0 Å². The van der Waals surface area contributed by atoms with Gasteiger partial charge in [-0.2, -0.15) is 0 Å². The Balaban J connectivity index is 3.40. The zero-order valence-electron chi connectivity index (χ0n) is 10.7. The Hall–Kier alpha value is -2.88. The van der Waals surface area contributed by atoms with Gasteiger partial charge in [0.25, 0.3) is 0 Å². The van der Waals surface area contributed by atoms with Crippen molar-refractivity contribution in [2.24, 2.45) is 5.73 Å². The summed E-state index contributed by atoms with van der Waals surface area (Å²) in [4.78, 5) is 32.0. The maximum atomic E-state index is 12.0. The first-order valence-corrected chi connectivity index (χ1v) is 5.85. The molecule has 0 bridgehead atoms. The van der Waals surface area contributed by atoms with Gasteiger partial charge in [0, 0.05) is 18.3 Å². The average Bonchev–Trinajstić information content (AvgIpc) is 2.36. The number of ketones is 1. The van der Waals surface area contributed by atoms with Crippen molar-refractivity contribution in [2.75, 3.05) is 0 Å². The summed E-state index contributed by atoms with van der Waals surface area (Å²) >= 11 is 4.52. The van der Waals surface area contributed by atoms with Gasteiger partial charge in [0.05, 0.1) is 9.85 Å². The van der Waals surface area contributed by atoms with Crippen LogP contribution in [0.5, 0.6) is 0 Å². The van der Waals surface area contributed by atoms with Crippen LogP contribution in [0.15, 0.2) is 24.4 Å². The molecule has 3 N–H and O–H groups in total. The van der Waals surface area contributed by atoms with Crippen molar-refractivity contribution in [3.05, 3.63) is 55.8 Å².